The summed E-state index contributed by atoms with van der Waals surface area (Å²) < 4.78 is 0. The second kappa shape index (κ2) is 9.99. The summed E-state index contributed by atoms with van der Waals surface area (Å²) in [6, 6.07) is 0. The predicted octanol–water partition coefficient (Wildman–Crippen LogP) is 2.97. The van der Waals surface area contributed by atoms with Crippen LogP contribution in [0.1, 0.15) is 43.3 Å². The van der Waals surface area contributed by atoms with Crippen LogP contribution in [0.25, 0.3) is 0 Å². The normalized spacial score (nSPS) is 17.2. The summed E-state index contributed by atoms with van der Waals surface area (Å²) in [5.41, 5.74) is 1.23. The summed E-state index contributed by atoms with van der Waals surface area (Å²) in [5.74, 6) is 1.78. The van der Waals surface area contributed by atoms with Gasteiger partial charge < -0.3 is 10.2 Å². The lowest BCUT2D eigenvalue weighted by Crippen LogP contribution is -2.43. The van der Waals surface area contributed by atoms with Crippen molar-refractivity contribution in [3.05, 3.63) is 16.1 Å². The third kappa shape index (κ3) is 6.06. The number of piperidine rings is 1. The van der Waals surface area contributed by atoms with Crippen LogP contribution < -0.4 is 5.32 Å². The average molecular weight is 352 g/mol. The number of hydrogen-bond donors (Lipinski definition) is 1. The van der Waals surface area contributed by atoms with E-state index in [-0.39, 0.29) is 0 Å². The summed E-state index contributed by atoms with van der Waals surface area (Å²) in [6.45, 7) is 9.77. The molecule has 24 heavy (non-hydrogen) atoms. The van der Waals surface area contributed by atoms with E-state index in [9.17, 15) is 0 Å². The lowest BCUT2D eigenvalue weighted by atomic mass is 9.97. The fourth-order valence-corrected chi connectivity index (χ4v) is 3.78. The van der Waals surface area contributed by atoms with Gasteiger partial charge in [-0.3, -0.25) is 9.89 Å². The molecule has 0 spiro atoms. The number of aryl methyl sites for hydroxylation is 1. The Morgan fingerprint density at radius 2 is 2.21 bits per heavy atom. The Hall–Kier alpha value is -1.14. The van der Waals surface area contributed by atoms with Gasteiger partial charge in [0.25, 0.3) is 0 Å². The van der Waals surface area contributed by atoms with Crippen molar-refractivity contribution in [1.29, 1.82) is 0 Å². The quantitative estimate of drug-likeness (QED) is 0.606. The molecule has 0 aromatic carbocycles. The Bertz CT molecular complexity index is 505. The number of aromatic nitrogens is 1. The van der Waals surface area contributed by atoms with Crippen molar-refractivity contribution in [2.75, 3.05) is 40.3 Å². The maximum atomic E-state index is 4.58. The van der Waals surface area contributed by atoms with Crippen LogP contribution in [0.4, 0.5) is 0 Å². The third-order valence-electron chi connectivity index (χ3n) is 4.73. The molecule has 0 saturated carbocycles. The first-order valence-corrected chi connectivity index (χ1v) is 10.1. The van der Waals surface area contributed by atoms with Gasteiger partial charge in [-0.05, 0) is 45.2 Å². The van der Waals surface area contributed by atoms with E-state index in [1.165, 1.54) is 49.5 Å². The molecule has 0 unspecified atom stereocenters. The van der Waals surface area contributed by atoms with Gasteiger partial charge in [0.05, 0.1) is 10.7 Å². The first-order chi connectivity index (χ1) is 11.6. The zero-order valence-corrected chi connectivity index (χ0v) is 16.5. The topological polar surface area (TPSA) is 43.8 Å². The maximum Gasteiger partial charge on any atom is 0.193 e. The zero-order valence-electron chi connectivity index (χ0n) is 15.7. The van der Waals surface area contributed by atoms with Crippen molar-refractivity contribution >= 4 is 17.3 Å². The fraction of sp³-hybridized carbons (Fsp3) is 0.778. The van der Waals surface area contributed by atoms with E-state index in [0.29, 0.717) is 0 Å². The van der Waals surface area contributed by atoms with Gasteiger partial charge in [0.1, 0.15) is 0 Å². The molecule has 1 fully saturated rings. The van der Waals surface area contributed by atoms with E-state index in [4.69, 9.17) is 0 Å². The Morgan fingerprint density at radius 3 is 2.79 bits per heavy atom. The minimum Gasteiger partial charge on any atom is -0.356 e. The average Bonchev–Trinajstić information content (AvgIpc) is 2.99. The Morgan fingerprint density at radius 1 is 1.46 bits per heavy atom. The maximum absolute atomic E-state index is 4.58. The van der Waals surface area contributed by atoms with E-state index in [2.05, 4.69) is 51.4 Å². The fourth-order valence-electron chi connectivity index (χ4n) is 3.18. The SMILES string of the molecule is CCCCN(C)C(=NC)NCC1CCN(Cc2csc(C)n2)CC1. The van der Waals surface area contributed by atoms with Crippen LogP contribution in [0.3, 0.4) is 0 Å². The van der Waals surface area contributed by atoms with Crippen molar-refractivity contribution in [2.45, 2.75) is 46.1 Å². The second-order valence-electron chi connectivity index (χ2n) is 6.78. The first kappa shape index (κ1) is 19.2. The number of likely N-dealkylation sites (tertiary alicyclic amines) is 1. The third-order valence-corrected chi connectivity index (χ3v) is 5.55. The summed E-state index contributed by atoms with van der Waals surface area (Å²) in [7, 11) is 4.01. The predicted molar refractivity (Wildman–Crippen MR) is 104 cm³/mol. The Kier molecular flexibility index (Phi) is 7.99. The van der Waals surface area contributed by atoms with Crippen LogP contribution in [-0.4, -0.2) is 61.0 Å². The van der Waals surface area contributed by atoms with Gasteiger partial charge in [-0.2, -0.15) is 0 Å². The van der Waals surface area contributed by atoms with Gasteiger partial charge in [0.2, 0.25) is 0 Å². The van der Waals surface area contributed by atoms with Gasteiger partial charge in [-0.1, -0.05) is 13.3 Å². The van der Waals surface area contributed by atoms with Crippen molar-refractivity contribution < 1.29 is 0 Å². The molecule has 1 aliphatic heterocycles. The number of aliphatic imine (C=N–C) groups is 1. The molecule has 1 saturated heterocycles. The molecule has 1 aromatic heterocycles. The van der Waals surface area contributed by atoms with Crippen LogP contribution in [-0.2, 0) is 6.54 Å². The molecule has 1 aromatic rings. The van der Waals surface area contributed by atoms with Crippen LogP contribution in [0.2, 0.25) is 0 Å². The molecule has 1 N–H and O–H groups in total. The van der Waals surface area contributed by atoms with E-state index in [1.807, 2.05) is 7.05 Å². The molecule has 0 amide bonds. The number of rotatable bonds is 7. The van der Waals surface area contributed by atoms with Gasteiger partial charge in [0.15, 0.2) is 5.96 Å². The van der Waals surface area contributed by atoms with Crippen molar-refractivity contribution in [3.8, 4) is 0 Å². The minimum absolute atomic E-state index is 0.745. The molecule has 0 radical (unpaired) electrons. The largest absolute Gasteiger partial charge is 0.356 e. The monoisotopic (exact) mass is 351 g/mol. The van der Waals surface area contributed by atoms with Gasteiger partial charge in [0, 0.05) is 39.1 Å². The van der Waals surface area contributed by atoms with Crippen LogP contribution in [0.5, 0.6) is 0 Å². The molecule has 0 bridgehead atoms. The van der Waals surface area contributed by atoms with Gasteiger partial charge in [-0.15, -0.1) is 11.3 Å². The first-order valence-electron chi connectivity index (χ1n) is 9.17. The Balaban J connectivity index is 1.68. The number of unbranched alkanes of at least 4 members (excludes halogenated alkanes) is 1. The highest BCUT2D eigenvalue weighted by Crippen LogP contribution is 2.19. The second-order valence-corrected chi connectivity index (χ2v) is 7.84. The molecule has 1 aliphatic rings. The molecular weight excluding hydrogens is 318 g/mol. The lowest BCUT2D eigenvalue weighted by Gasteiger charge is -2.32. The molecule has 136 valence electrons. The highest BCUT2D eigenvalue weighted by molar-refractivity contribution is 7.09. The number of nitrogens with one attached hydrogen (secondary N) is 1. The highest BCUT2D eigenvalue weighted by atomic mass is 32.1. The number of guanidine groups is 1. The van der Waals surface area contributed by atoms with Gasteiger partial charge in [-0.25, -0.2) is 4.98 Å². The number of thiazole rings is 1. The number of nitrogens with zero attached hydrogens (tertiary/aromatic N) is 4. The van der Waals surface area contributed by atoms with E-state index < -0.39 is 0 Å². The summed E-state index contributed by atoms with van der Waals surface area (Å²) in [4.78, 5) is 13.8. The Labute approximate surface area is 151 Å². The van der Waals surface area contributed by atoms with E-state index in [0.717, 1.165) is 31.5 Å². The van der Waals surface area contributed by atoms with Crippen LogP contribution >= 0.6 is 11.3 Å². The molecule has 2 heterocycles. The molecule has 0 atom stereocenters. The molecule has 2 rings (SSSR count). The van der Waals surface area contributed by atoms with Crippen molar-refractivity contribution in [3.63, 3.8) is 0 Å². The van der Waals surface area contributed by atoms with Crippen LogP contribution in [0.15, 0.2) is 10.4 Å². The van der Waals surface area contributed by atoms with E-state index in [1.54, 1.807) is 11.3 Å². The van der Waals surface area contributed by atoms with Crippen LogP contribution in [0, 0.1) is 12.8 Å². The molecule has 0 aliphatic carbocycles. The summed E-state index contributed by atoms with van der Waals surface area (Å²) in [5, 5.41) is 6.93. The standard InChI is InChI=1S/C18H33N5S/c1-5-6-9-22(4)18(19-3)20-12-16-7-10-23(11-8-16)13-17-14-24-15(2)21-17/h14,16H,5-13H2,1-4H3,(H,19,20). The van der Waals surface area contributed by atoms with E-state index >= 15 is 0 Å². The van der Waals surface area contributed by atoms with Crippen molar-refractivity contribution in [1.82, 2.24) is 20.1 Å². The molecule has 6 heteroatoms. The minimum atomic E-state index is 0.745. The lowest BCUT2D eigenvalue weighted by molar-refractivity contribution is 0.176. The van der Waals surface area contributed by atoms with Crippen molar-refractivity contribution in [2.24, 2.45) is 10.9 Å². The summed E-state index contributed by atoms with van der Waals surface area (Å²) >= 11 is 1.75. The summed E-state index contributed by atoms with van der Waals surface area (Å²) in [6.07, 6.45) is 4.95. The van der Waals surface area contributed by atoms with Gasteiger partial charge >= 0.3 is 0 Å². The molecular formula is C18H33N5S. The smallest absolute Gasteiger partial charge is 0.193 e. The highest BCUT2D eigenvalue weighted by Gasteiger charge is 2.20. The molecule has 5 nitrogen and oxygen atoms in total. The zero-order chi connectivity index (χ0) is 17.4. The number of hydrogen-bond acceptors (Lipinski definition) is 4.